The topological polar surface area (TPSA) is 3.24 Å². The van der Waals surface area contributed by atoms with Crippen LogP contribution < -0.4 is 4.90 Å². The van der Waals surface area contributed by atoms with E-state index in [9.17, 15) is 0 Å². The fourth-order valence-corrected chi connectivity index (χ4v) is 7.76. The average molecular weight is 804 g/mol. The smallest absolute Gasteiger partial charge is 0.0618 e. The number of anilines is 3. The van der Waals surface area contributed by atoms with Crippen LogP contribution in [0.5, 0.6) is 0 Å². The normalized spacial score (nSPS) is 13.2. The van der Waals surface area contributed by atoms with Gasteiger partial charge < -0.3 is 4.90 Å². The summed E-state index contributed by atoms with van der Waals surface area (Å²) in [6.07, 6.45) is 2.10. The Morgan fingerprint density at radius 1 is 0.490 bits per heavy atom. The molecule has 264 valence electrons. The van der Waals surface area contributed by atoms with Crippen molar-refractivity contribution >= 4 is 70.5 Å². The molecule has 3 heteroatoms. The van der Waals surface area contributed by atoms with Gasteiger partial charge in [-0.1, -0.05) is 156 Å². The van der Waals surface area contributed by atoms with Crippen LogP contribution in [-0.2, 0) is 22.7 Å². The van der Waals surface area contributed by atoms with Crippen LogP contribution >= 0.6 is 31.9 Å². The monoisotopic (exact) mass is 801 g/mol. The summed E-state index contributed by atoms with van der Waals surface area (Å²) in [5.41, 5.74) is 10.5. The van der Waals surface area contributed by atoms with Gasteiger partial charge in [0.2, 0.25) is 0 Å². The number of rotatable bonds is 7. The fraction of sp³-hybridized carbons (Fsp3) is 0.333. The number of benzene rings is 6. The lowest BCUT2D eigenvalue weighted by atomic mass is 9.79. The first-order valence-corrected chi connectivity index (χ1v) is 20.0. The second kappa shape index (κ2) is 14.2. The minimum Gasteiger partial charge on any atom is -0.309 e. The molecule has 6 rings (SSSR count). The number of fused-ring (bicyclic) bond motifs is 2. The molecule has 0 aliphatic heterocycles. The van der Waals surface area contributed by atoms with Crippen LogP contribution in [0.3, 0.4) is 0 Å². The van der Waals surface area contributed by atoms with E-state index in [1.807, 2.05) is 0 Å². The second-order valence-electron chi connectivity index (χ2n) is 17.5. The van der Waals surface area contributed by atoms with Gasteiger partial charge in [-0.05, 0) is 128 Å². The zero-order chi connectivity index (χ0) is 36.9. The molecule has 1 nitrogen and oxygen atoms in total. The lowest BCUT2D eigenvalue weighted by Crippen LogP contribution is -2.16. The Bertz CT molecular complexity index is 2160. The van der Waals surface area contributed by atoms with E-state index >= 15 is 0 Å². The van der Waals surface area contributed by atoms with Crippen molar-refractivity contribution in [3.8, 4) is 0 Å². The van der Waals surface area contributed by atoms with Crippen molar-refractivity contribution in [3.63, 3.8) is 0 Å². The van der Waals surface area contributed by atoms with Gasteiger partial charge in [0.05, 0.1) is 5.69 Å². The summed E-state index contributed by atoms with van der Waals surface area (Å²) in [6, 6.07) is 41.4. The molecule has 6 aromatic carbocycles. The molecular formula is C48H53Br2N. The third kappa shape index (κ3) is 8.01. The van der Waals surface area contributed by atoms with Gasteiger partial charge in [-0.25, -0.2) is 0 Å². The molecule has 0 fully saturated rings. The predicted molar refractivity (Wildman–Crippen MR) is 231 cm³/mol. The summed E-state index contributed by atoms with van der Waals surface area (Å²) in [6.45, 7) is 23.2. The first-order valence-electron chi connectivity index (χ1n) is 18.4. The van der Waals surface area contributed by atoms with E-state index in [-0.39, 0.29) is 16.2 Å². The van der Waals surface area contributed by atoms with Gasteiger partial charge in [-0.2, -0.15) is 0 Å². The molecule has 1 atom stereocenters. The van der Waals surface area contributed by atoms with Gasteiger partial charge in [0, 0.05) is 31.1 Å². The number of aryl methyl sites for hydroxylation is 1. The molecule has 0 saturated carbocycles. The molecule has 0 bridgehead atoms. The molecule has 0 heterocycles. The van der Waals surface area contributed by atoms with E-state index < -0.39 is 0 Å². The van der Waals surface area contributed by atoms with Crippen molar-refractivity contribution in [1.29, 1.82) is 0 Å². The highest BCUT2D eigenvalue weighted by molar-refractivity contribution is 9.10. The quantitative estimate of drug-likeness (QED) is 0.145. The Kier molecular flexibility index (Phi) is 10.4. The Morgan fingerprint density at radius 2 is 0.922 bits per heavy atom. The van der Waals surface area contributed by atoms with Gasteiger partial charge in [0.15, 0.2) is 0 Å². The summed E-state index contributed by atoms with van der Waals surface area (Å²) in [7, 11) is 0. The number of hydrogen-bond acceptors (Lipinski definition) is 1. The SMILES string of the molecule is CC(CCc1ccc(Br)cc1)c1c2cc(C(C)(C)C)ccc2c(N(c2ccc(Br)cc2)c2ccc(C(C)(C)C)cc2)c2cc(C(C)(C)C)ccc12. The van der Waals surface area contributed by atoms with Crippen LogP contribution in [-0.4, -0.2) is 0 Å². The Hall–Kier alpha value is -3.40. The van der Waals surface area contributed by atoms with Crippen LogP contribution in [0.2, 0.25) is 0 Å². The third-order valence-corrected chi connectivity index (χ3v) is 11.5. The lowest BCUT2D eigenvalue weighted by Gasteiger charge is -2.32. The van der Waals surface area contributed by atoms with Crippen molar-refractivity contribution in [2.75, 3.05) is 4.90 Å². The molecule has 0 N–H and O–H groups in total. The molecule has 0 radical (unpaired) electrons. The van der Waals surface area contributed by atoms with Gasteiger partial charge >= 0.3 is 0 Å². The Labute approximate surface area is 323 Å². The largest absolute Gasteiger partial charge is 0.309 e. The highest BCUT2D eigenvalue weighted by Crippen LogP contribution is 2.49. The zero-order valence-corrected chi connectivity index (χ0v) is 35.3. The van der Waals surface area contributed by atoms with Crippen molar-refractivity contribution < 1.29 is 0 Å². The van der Waals surface area contributed by atoms with E-state index in [1.54, 1.807) is 0 Å². The summed E-state index contributed by atoms with van der Waals surface area (Å²) < 4.78 is 2.20. The highest BCUT2D eigenvalue weighted by atomic mass is 79.9. The molecule has 0 saturated heterocycles. The van der Waals surface area contributed by atoms with Gasteiger partial charge in [0.1, 0.15) is 0 Å². The summed E-state index contributed by atoms with van der Waals surface area (Å²) in [5.74, 6) is 0.343. The Balaban J connectivity index is 1.70. The third-order valence-electron chi connectivity index (χ3n) is 10.4. The van der Waals surface area contributed by atoms with Crippen LogP contribution in [0, 0.1) is 0 Å². The molecule has 0 aromatic heterocycles. The number of hydrogen-bond donors (Lipinski definition) is 0. The van der Waals surface area contributed by atoms with E-state index in [1.165, 1.54) is 55.0 Å². The first-order chi connectivity index (χ1) is 23.9. The van der Waals surface area contributed by atoms with Crippen molar-refractivity contribution in [2.24, 2.45) is 0 Å². The van der Waals surface area contributed by atoms with Crippen LogP contribution in [0.15, 0.2) is 118 Å². The molecule has 51 heavy (non-hydrogen) atoms. The minimum atomic E-state index is 0.000665. The molecule has 0 aliphatic carbocycles. The molecule has 0 spiro atoms. The van der Waals surface area contributed by atoms with E-state index in [0.717, 1.165) is 33.2 Å². The summed E-state index contributed by atoms with van der Waals surface area (Å²) in [5, 5.41) is 5.28. The molecular weight excluding hydrogens is 750 g/mol. The van der Waals surface area contributed by atoms with Gasteiger partial charge in [-0.3, -0.25) is 0 Å². The molecule has 0 aliphatic rings. The van der Waals surface area contributed by atoms with Crippen molar-refractivity contribution in [3.05, 3.63) is 146 Å². The number of halogens is 2. The molecule has 6 aromatic rings. The number of nitrogens with zero attached hydrogens (tertiary/aromatic N) is 1. The van der Waals surface area contributed by atoms with Crippen molar-refractivity contribution in [1.82, 2.24) is 0 Å². The zero-order valence-electron chi connectivity index (χ0n) is 32.1. The first kappa shape index (κ1) is 37.4. The van der Waals surface area contributed by atoms with Crippen LogP contribution in [0.25, 0.3) is 21.5 Å². The highest BCUT2D eigenvalue weighted by Gasteiger charge is 2.27. The standard InChI is InChI=1S/C48H53Br2N/c1-31(11-12-32-13-19-36(49)20-14-32)44-40-27-17-35(48(8,9)10)30-43(40)45(41-28-18-34(29-42(41)44)47(5,6)7)51(39-25-21-37(50)22-26-39)38-23-15-33(16-24-38)46(2,3)4/h13-31H,11-12H2,1-10H3. The lowest BCUT2D eigenvalue weighted by molar-refractivity contribution is 0.590. The predicted octanol–water partition coefficient (Wildman–Crippen LogP) is 15.6. The molecule has 0 amide bonds. The van der Waals surface area contributed by atoms with E-state index in [0.29, 0.717) is 5.92 Å². The van der Waals surface area contributed by atoms with Gasteiger partial charge in [-0.15, -0.1) is 0 Å². The van der Waals surface area contributed by atoms with Crippen LogP contribution in [0.4, 0.5) is 17.1 Å². The second-order valence-corrected chi connectivity index (χ2v) is 19.3. The molecule has 1 unspecified atom stereocenters. The van der Waals surface area contributed by atoms with Crippen LogP contribution in [0.1, 0.15) is 109 Å². The maximum absolute atomic E-state index is 3.72. The van der Waals surface area contributed by atoms with Crippen molar-refractivity contribution in [2.45, 2.75) is 104 Å². The summed E-state index contributed by atoms with van der Waals surface area (Å²) >= 11 is 7.34. The maximum atomic E-state index is 3.72. The average Bonchev–Trinajstić information content (AvgIpc) is 3.07. The fourth-order valence-electron chi connectivity index (χ4n) is 7.23. The minimum absolute atomic E-state index is 0.000665. The van der Waals surface area contributed by atoms with Gasteiger partial charge in [0.25, 0.3) is 0 Å². The Morgan fingerprint density at radius 3 is 1.43 bits per heavy atom. The summed E-state index contributed by atoms with van der Waals surface area (Å²) in [4.78, 5) is 2.50. The maximum Gasteiger partial charge on any atom is 0.0618 e. The van der Waals surface area contributed by atoms with E-state index in [2.05, 4.69) is 215 Å². The van der Waals surface area contributed by atoms with E-state index in [4.69, 9.17) is 0 Å².